The maximum atomic E-state index is 12.3. The number of halogens is 3. The molecule has 1 saturated heterocycles. The van der Waals surface area contributed by atoms with Crippen molar-refractivity contribution in [3.63, 3.8) is 0 Å². The largest absolute Gasteiger partial charge is 0.405 e. The van der Waals surface area contributed by atoms with Gasteiger partial charge in [-0.05, 0) is 62.1 Å². The van der Waals surface area contributed by atoms with Crippen LogP contribution in [-0.4, -0.2) is 53.6 Å². The number of carbonyl (C=O) groups excluding carboxylic acids is 1. The van der Waals surface area contributed by atoms with Gasteiger partial charge in [0.05, 0.1) is 4.88 Å². The van der Waals surface area contributed by atoms with Gasteiger partial charge < -0.3 is 15.2 Å². The number of thiophene rings is 1. The normalized spacial score (nSPS) is 16.4. The molecule has 0 bridgehead atoms. The number of H-pyrrole nitrogens is 1. The Kier molecular flexibility index (Phi) is 5.35. The molecule has 5 nitrogen and oxygen atoms in total. The highest BCUT2D eigenvalue weighted by Crippen LogP contribution is 2.32. The number of nitrogens with zero attached hydrogens (tertiary/aromatic N) is 2. The summed E-state index contributed by atoms with van der Waals surface area (Å²) >= 11 is 1.12. The molecule has 1 fully saturated rings. The van der Waals surface area contributed by atoms with Crippen molar-refractivity contribution >= 4 is 28.3 Å². The summed E-state index contributed by atoms with van der Waals surface area (Å²) in [4.78, 5) is 22.4. The number of fused-ring (bicyclic) bond motifs is 1. The molecule has 0 aromatic carbocycles. The third-order valence-corrected chi connectivity index (χ3v) is 6.18. The van der Waals surface area contributed by atoms with Crippen LogP contribution in [0.2, 0.25) is 0 Å². The number of hydrogen-bond donors (Lipinski definition) is 2. The Balaban J connectivity index is 1.51. The van der Waals surface area contributed by atoms with Gasteiger partial charge in [0.1, 0.15) is 12.2 Å². The van der Waals surface area contributed by atoms with E-state index in [0.717, 1.165) is 59.4 Å². The van der Waals surface area contributed by atoms with Crippen molar-refractivity contribution in [3.05, 3.63) is 40.3 Å². The van der Waals surface area contributed by atoms with Gasteiger partial charge in [-0.25, -0.2) is 4.98 Å². The fraction of sp³-hybridized carbons (Fsp3) is 0.400. The number of hydrogen-bond acceptors (Lipinski definition) is 4. The van der Waals surface area contributed by atoms with Crippen LogP contribution in [0.3, 0.4) is 0 Å². The number of aromatic nitrogens is 2. The molecule has 0 spiro atoms. The fourth-order valence-electron chi connectivity index (χ4n) is 3.61. The maximum Gasteiger partial charge on any atom is 0.405 e. The van der Waals surface area contributed by atoms with E-state index >= 15 is 0 Å². The van der Waals surface area contributed by atoms with E-state index in [4.69, 9.17) is 0 Å². The minimum absolute atomic E-state index is 0.241. The molecule has 9 heteroatoms. The summed E-state index contributed by atoms with van der Waals surface area (Å²) in [5.74, 6) is -0.229. The molecule has 1 aliphatic heterocycles. The predicted molar refractivity (Wildman–Crippen MR) is 107 cm³/mol. The number of carbonyl (C=O) groups is 1. The summed E-state index contributed by atoms with van der Waals surface area (Å²) < 4.78 is 36.8. The Hall–Kier alpha value is -2.39. The van der Waals surface area contributed by atoms with Crippen LogP contribution in [0.15, 0.2) is 29.8 Å². The molecule has 154 valence electrons. The van der Waals surface area contributed by atoms with Gasteiger partial charge >= 0.3 is 6.18 Å². The molecule has 2 N–H and O–H groups in total. The van der Waals surface area contributed by atoms with Crippen molar-refractivity contribution in [1.29, 1.82) is 0 Å². The zero-order valence-corrected chi connectivity index (χ0v) is 16.7. The number of pyridine rings is 1. The molecule has 0 saturated carbocycles. The highest BCUT2D eigenvalue weighted by Gasteiger charge is 2.28. The first-order chi connectivity index (χ1) is 13.8. The molecule has 29 heavy (non-hydrogen) atoms. The second-order valence-corrected chi connectivity index (χ2v) is 8.37. The van der Waals surface area contributed by atoms with Crippen molar-refractivity contribution in [2.75, 3.05) is 26.7 Å². The zero-order chi connectivity index (χ0) is 20.6. The molecule has 3 aromatic rings. The number of alkyl halides is 3. The fourth-order valence-corrected chi connectivity index (χ4v) is 4.44. The molecule has 0 unspecified atom stereocenters. The standard InChI is InChI=1S/C20H21F3N4OS/c1-27-4-2-12(3-5-27)16-7-13-6-14(9-24-18(13)26-16)15-8-17(29-10-15)19(28)25-11-20(21,22)23/h6-10,12H,2-5,11H2,1H3,(H,24,26)(H,25,28). The van der Waals surface area contributed by atoms with Crippen molar-refractivity contribution in [3.8, 4) is 11.1 Å². The van der Waals surface area contributed by atoms with Crippen LogP contribution in [0.25, 0.3) is 22.2 Å². The topological polar surface area (TPSA) is 61.0 Å². The van der Waals surface area contributed by atoms with Crippen LogP contribution in [0.1, 0.15) is 34.1 Å². The van der Waals surface area contributed by atoms with Crippen molar-refractivity contribution in [2.24, 2.45) is 0 Å². The van der Waals surface area contributed by atoms with Crippen molar-refractivity contribution in [1.82, 2.24) is 20.2 Å². The maximum absolute atomic E-state index is 12.3. The third kappa shape index (κ3) is 4.62. The Bertz CT molecular complexity index is 1020. The molecule has 0 atom stereocenters. The summed E-state index contributed by atoms with van der Waals surface area (Å²) in [6, 6.07) is 5.73. The molecule has 1 aliphatic rings. The Morgan fingerprint density at radius 1 is 1.28 bits per heavy atom. The average molecular weight is 422 g/mol. The van der Waals surface area contributed by atoms with Crippen LogP contribution in [-0.2, 0) is 0 Å². The van der Waals surface area contributed by atoms with Crippen LogP contribution in [0.4, 0.5) is 13.2 Å². The van der Waals surface area contributed by atoms with Gasteiger partial charge in [-0.3, -0.25) is 4.79 Å². The van der Waals surface area contributed by atoms with Gasteiger partial charge in [0.25, 0.3) is 5.91 Å². The first-order valence-corrected chi connectivity index (χ1v) is 10.3. The molecule has 0 radical (unpaired) electrons. The monoisotopic (exact) mass is 422 g/mol. The number of rotatable bonds is 4. The van der Waals surface area contributed by atoms with E-state index < -0.39 is 18.6 Å². The molecule has 3 aromatic heterocycles. The van der Waals surface area contributed by atoms with Gasteiger partial charge in [0.15, 0.2) is 0 Å². The lowest BCUT2D eigenvalue weighted by Crippen LogP contribution is -2.33. The van der Waals surface area contributed by atoms with Gasteiger partial charge in [-0.2, -0.15) is 13.2 Å². The minimum atomic E-state index is -4.43. The first kappa shape index (κ1) is 19.9. The highest BCUT2D eigenvalue weighted by molar-refractivity contribution is 7.12. The number of piperidine rings is 1. The third-order valence-electron chi connectivity index (χ3n) is 5.26. The van der Waals surface area contributed by atoms with Crippen LogP contribution >= 0.6 is 11.3 Å². The van der Waals surface area contributed by atoms with E-state index in [1.165, 1.54) is 5.69 Å². The lowest BCUT2D eigenvalue weighted by Gasteiger charge is -2.28. The van der Waals surface area contributed by atoms with E-state index in [2.05, 4.69) is 28.0 Å². The summed E-state index contributed by atoms with van der Waals surface area (Å²) in [7, 11) is 2.13. The van der Waals surface area contributed by atoms with Gasteiger partial charge in [-0.15, -0.1) is 11.3 Å². The molecule has 0 aliphatic carbocycles. The second-order valence-electron chi connectivity index (χ2n) is 7.46. The molecular weight excluding hydrogens is 401 g/mol. The Morgan fingerprint density at radius 2 is 2.03 bits per heavy atom. The van der Waals surface area contributed by atoms with Crippen LogP contribution in [0.5, 0.6) is 0 Å². The van der Waals surface area contributed by atoms with E-state index in [1.54, 1.807) is 17.6 Å². The molecule has 1 amide bonds. The molecule has 4 rings (SSSR count). The SMILES string of the molecule is CN1CCC(c2cc3cc(-c4csc(C(=O)NCC(F)(F)F)c4)cnc3[nH]2)CC1. The number of likely N-dealkylation sites (tertiary alicyclic amines) is 1. The van der Waals surface area contributed by atoms with E-state index in [9.17, 15) is 18.0 Å². The summed E-state index contributed by atoms with van der Waals surface area (Å²) in [5, 5.41) is 4.65. The van der Waals surface area contributed by atoms with Crippen molar-refractivity contribution < 1.29 is 18.0 Å². The summed E-state index contributed by atoms with van der Waals surface area (Å²) in [5.41, 5.74) is 3.61. The number of nitrogens with one attached hydrogen (secondary N) is 2. The average Bonchev–Trinajstić information content (AvgIpc) is 3.32. The molecular formula is C20H21F3N4OS. The highest BCUT2D eigenvalue weighted by atomic mass is 32.1. The lowest BCUT2D eigenvalue weighted by atomic mass is 9.94. The second kappa shape index (κ2) is 7.79. The molecule has 4 heterocycles. The van der Waals surface area contributed by atoms with E-state index in [0.29, 0.717) is 5.92 Å². The van der Waals surface area contributed by atoms with Crippen molar-refractivity contribution in [2.45, 2.75) is 24.9 Å². The van der Waals surface area contributed by atoms with Crippen LogP contribution in [0, 0.1) is 0 Å². The number of aromatic amines is 1. The van der Waals surface area contributed by atoms with Gasteiger partial charge in [-0.1, -0.05) is 0 Å². The summed E-state index contributed by atoms with van der Waals surface area (Å²) in [6.07, 6.45) is -0.491. The van der Waals surface area contributed by atoms with E-state index in [1.807, 2.05) is 11.4 Å². The zero-order valence-electron chi connectivity index (χ0n) is 15.8. The summed E-state index contributed by atoms with van der Waals surface area (Å²) in [6.45, 7) is 0.815. The number of amides is 1. The van der Waals surface area contributed by atoms with Gasteiger partial charge in [0, 0.05) is 28.8 Å². The predicted octanol–water partition coefficient (Wildman–Crippen LogP) is 4.39. The minimum Gasteiger partial charge on any atom is -0.343 e. The lowest BCUT2D eigenvalue weighted by molar-refractivity contribution is -0.123. The first-order valence-electron chi connectivity index (χ1n) is 9.39. The Labute approximate surface area is 169 Å². The van der Waals surface area contributed by atoms with E-state index in [-0.39, 0.29) is 4.88 Å². The van der Waals surface area contributed by atoms with Crippen LogP contribution < -0.4 is 5.32 Å². The Morgan fingerprint density at radius 3 is 2.76 bits per heavy atom. The van der Waals surface area contributed by atoms with Gasteiger partial charge in [0.2, 0.25) is 0 Å². The smallest absolute Gasteiger partial charge is 0.343 e. The quantitative estimate of drug-likeness (QED) is 0.656.